The second kappa shape index (κ2) is 7.17. The number of hydrogen-bond acceptors (Lipinski definition) is 5. The Kier molecular flexibility index (Phi) is 5.25. The first-order chi connectivity index (χ1) is 10.9. The Morgan fingerprint density at radius 2 is 1.78 bits per heavy atom. The summed E-state index contributed by atoms with van der Waals surface area (Å²) in [4.78, 5) is 47.6. The van der Waals surface area contributed by atoms with Gasteiger partial charge in [-0.05, 0) is 6.92 Å². The minimum atomic E-state index is -0.464. The second-order valence-corrected chi connectivity index (χ2v) is 5.57. The van der Waals surface area contributed by atoms with E-state index in [2.05, 4.69) is 15.3 Å². The number of aryl methyl sites for hydroxylation is 1. The highest BCUT2D eigenvalue weighted by Gasteiger charge is 2.31. The first-order valence-electron chi connectivity index (χ1n) is 7.47. The molecule has 8 heteroatoms. The highest BCUT2D eigenvalue weighted by atomic mass is 16.2. The average molecular weight is 319 g/mol. The standard InChI is InChI=1S/C15H21N5O3/c1-10-6-18-13(7-17-10)15(23)20-5-4-19(11(2)21)8-12(9-20)14(22)16-3/h6-7,12H,4-5,8-9H2,1-3H3,(H,16,22)/t12-/m0/s1. The van der Waals surface area contributed by atoms with Crippen molar-refractivity contribution in [1.29, 1.82) is 0 Å². The lowest BCUT2D eigenvalue weighted by Gasteiger charge is -2.22. The minimum Gasteiger partial charge on any atom is -0.359 e. The fourth-order valence-corrected chi connectivity index (χ4v) is 2.52. The van der Waals surface area contributed by atoms with Crippen molar-refractivity contribution in [2.24, 2.45) is 5.92 Å². The van der Waals surface area contributed by atoms with Gasteiger partial charge in [0.25, 0.3) is 5.91 Å². The summed E-state index contributed by atoms with van der Waals surface area (Å²) in [5.41, 5.74) is 0.964. The molecule has 1 aromatic heterocycles. The molecule has 1 aliphatic rings. The lowest BCUT2D eigenvalue weighted by molar-refractivity contribution is -0.130. The van der Waals surface area contributed by atoms with Gasteiger partial charge in [-0.1, -0.05) is 0 Å². The van der Waals surface area contributed by atoms with Gasteiger partial charge in [-0.2, -0.15) is 0 Å². The van der Waals surface area contributed by atoms with E-state index in [0.717, 1.165) is 5.69 Å². The summed E-state index contributed by atoms with van der Waals surface area (Å²) in [7, 11) is 1.54. The summed E-state index contributed by atoms with van der Waals surface area (Å²) >= 11 is 0. The molecule has 1 aromatic rings. The van der Waals surface area contributed by atoms with E-state index < -0.39 is 5.92 Å². The maximum atomic E-state index is 12.6. The lowest BCUT2D eigenvalue weighted by Crippen LogP contribution is -2.42. The van der Waals surface area contributed by atoms with Crippen molar-refractivity contribution in [3.63, 3.8) is 0 Å². The van der Waals surface area contributed by atoms with Crippen LogP contribution in [0, 0.1) is 12.8 Å². The summed E-state index contributed by atoms with van der Waals surface area (Å²) < 4.78 is 0. The number of nitrogens with one attached hydrogen (secondary N) is 1. The molecule has 3 amide bonds. The maximum absolute atomic E-state index is 12.6. The van der Waals surface area contributed by atoms with E-state index in [9.17, 15) is 14.4 Å². The smallest absolute Gasteiger partial charge is 0.274 e. The van der Waals surface area contributed by atoms with Gasteiger partial charge in [0.15, 0.2) is 0 Å². The molecule has 8 nitrogen and oxygen atoms in total. The topological polar surface area (TPSA) is 95.5 Å². The molecule has 0 aliphatic carbocycles. The van der Waals surface area contributed by atoms with Crippen molar-refractivity contribution < 1.29 is 14.4 Å². The molecule has 0 saturated carbocycles. The third kappa shape index (κ3) is 4.02. The van der Waals surface area contributed by atoms with Gasteiger partial charge in [-0.15, -0.1) is 0 Å². The highest BCUT2D eigenvalue weighted by Crippen LogP contribution is 2.13. The van der Waals surface area contributed by atoms with E-state index in [-0.39, 0.29) is 30.0 Å². The zero-order valence-electron chi connectivity index (χ0n) is 13.6. The van der Waals surface area contributed by atoms with Crippen LogP contribution in [-0.2, 0) is 9.59 Å². The zero-order chi connectivity index (χ0) is 17.0. The average Bonchev–Trinajstić information content (AvgIpc) is 2.77. The zero-order valence-corrected chi connectivity index (χ0v) is 13.6. The van der Waals surface area contributed by atoms with Crippen LogP contribution in [0.25, 0.3) is 0 Å². The molecule has 1 saturated heterocycles. The van der Waals surface area contributed by atoms with E-state index in [1.165, 1.54) is 19.3 Å². The molecule has 0 bridgehead atoms. The van der Waals surface area contributed by atoms with E-state index in [0.29, 0.717) is 19.6 Å². The molecular weight excluding hydrogens is 298 g/mol. The van der Waals surface area contributed by atoms with Crippen LogP contribution >= 0.6 is 0 Å². The fourth-order valence-electron chi connectivity index (χ4n) is 2.52. The van der Waals surface area contributed by atoms with Crippen LogP contribution in [0.5, 0.6) is 0 Å². The van der Waals surface area contributed by atoms with Crippen molar-refractivity contribution in [2.75, 3.05) is 33.2 Å². The van der Waals surface area contributed by atoms with Gasteiger partial charge in [0.05, 0.1) is 17.8 Å². The van der Waals surface area contributed by atoms with E-state index in [1.807, 2.05) is 0 Å². The molecule has 0 spiro atoms. The molecule has 0 radical (unpaired) electrons. The number of carbonyl (C=O) groups excluding carboxylic acids is 3. The summed E-state index contributed by atoms with van der Waals surface area (Å²) in [6, 6.07) is 0. The number of nitrogens with zero attached hydrogens (tertiary/aromatic N) is 4. The normalized spacial score (nSPS) is 18.3. The van der Waals surface area contributed by atoms with Gasteiger partial charge in [0.2, 0.25) is 11.8 Å². The molecule has 0 unspecified atom stereocenters. The van der Waals surface area contributed by atoms with Gasteiger partial charge < -0.3 is 15.1 Å². The molecule has 1 N–H and O–H groups in total. The molecular formula is C15H21N5O3. The van der Waals surface area contributed by atoms with Crippen molar-refractivity contribution >= 4 is 17.7 Å². The van der Waals surface area contributed by atoms with Crippen LogP contribution in [0.15, 0.2) is 12.4 Å². The Labute approximate surface area is 134 Å². The molecule has 2 rings (SSSR count). The Hall–Kier alpha value is -2.51. The van der Waals surface area contributed by atoms with Crippen molar-refractivity contribution in [3.8, 4) is 0 Å². The number of hydrogen-bond donors (Lipinski definition) is 1. The van der Waals surface area contributed by atoms with Crippen LogP contribution in [0.3, 0.4) is 0 Å². The van der Waals surface area contributed by atoms with Crippen LogP contribution in [0.4, 0.5) is 0 Å². The number of aromatic nitrogens is 2. The lowest BCUT2D eigenvalue weighted by atomic mass is 10.1. The van der Waals surface area contributed by atoms with Gasteiger partial charge in [0, 0.05) is 46.3 Å². The third-order valence-corrected chi connectivity index (χ3v) is 3.87. The first-order valence-corrected chi connectivity index (χ1v) is 7.47. The predicted octanol–water partition coefficient (Wildman–Crippen LogP) is -0.548. The van der Waals surface area contributed by atoms with Gasteiger partial charge in [-0.3, -0.25) is 19.4 Å². The summed E-state index contributed by atoms with van der Waals surface area (Å²) in [6.07, 6.45) is 2.96. The monoisotopic (exact) mass is 319 g/mol. The van der Waals surface area contributed by atoms with Crippen molar-refractivity contribution in [1.82, 2.24) is 25.1 Å². The number of rotatable bonds is 2. The minimum absolute atomic E-state index is 0.108. The molecule has 124 valence electrons. The van der Waals surface area contributed by atoms with E-state index in [1.54, 1.807) is 23.8 Å². The molecule has 0 aromatic carbocycles. The molecule has 23 heavy (non-hydrogen) atoms. The SMILES string of the molecule is CNC(=O)[C@H]1CN(C(C)=O)CCN(C(=O)c2cnc(C)cn2)C1. The van der Waals surface area contributed by atoms with Crippen LogP contribution in [0.2, 0.25) is 0 Å². The molecule has 1 aliphatic heterocycles. The molecule has 2 heterocycles. The van der Waals surface area contributed by atoms with Crippen molar-refractivity contribution in [3.05, 3.63) is 23.8 Å². The molecule has 1 atom stereocenters. The van der Waals surface area contributed by atoms with Gasteiger partial charge in [-0.25, -0.2) is 4.98 Å². The Bertz CT molecular complexity index is 602. The van der Waals surface area contributed by atoms with Gasteiger partial charge >= 0.3 is 0 Å². The van der Waals surface area contributed by atoms with Crippen molar-refractivity contribution in [2.45, 2.75) is 13.8 Å². The largest absolute Gasteiger partial charge is 0.359 e. The Balaban J connectivity index is 2.20. The highest BCUT2D eigenvalue weighted by molar-refractivity contribution is 5.92. The second-order valence-electron chi connectivity index (χ2n) is 5.57. The van der Waals surface area contributed by atoms with E-state index >= 15 is 0 Å². The Morgan fingerprint density at radius 1 is 1.13 bits per heavy atom. The number of carbonyl (C=O) groups is 3. The van der Waals surface area contributed by atoms with Crippen LogP contribution in [-0.4, -0.2) is 70.7 Å². The Morgan fingerprint density at radius 3 is 2.35 bits per heavy atom. The van der Waals surface area contributed by atoms with Crippen LogP contribution in [0.1, 0.15) is 23.1 Å². The number of amides is 3. The maximum Gasteiger partial charge on any atom is 0.274 e. The fraction of sp³-hybridized carbons (Fsp3) is 0.533. The first kappa shape index (κ1) is 16.9. The summed E-state index contributed by atoms with van der Waals surface area (Å²) in [6.45, 7) is 4.56. The quantitative estimate of drug-likeness (QED) is 0.789. The van der Waals surface area contributed by atoms with Crippen LogP contribution < -0.4 is 5.32 Å². The summed E-state index contributed by atoms with van der Waals surface area (Å²) in [5, 5.41) is 2.59. The van der Waals surface area contributed by atoms with Gasteiger partial charge in [0.1, 0.15) is 5.69 Å². The third-order valence-electron chi connectivity index (χ3n) is 3.87. The summed E-state index contributed by atoms with van der Waals surface area (Å²) in [5.74, 6) is -1.04. The predicted molar refractivity (Wildman–Crippen MR) is 82.5 cm³/mol. The molecule has 1 fully saturated rings. The van der Waals surface area contributed by atoms with E-state index in [4.69, 9.17) is 0 Å².